The molecule has 1 heterocycles. The molecule has 0 unspecified atom stereocenters. The van der Waals surface area contributed by atoms with Crippen molar-refractivity contribution in [1.82, 2.24) is 9.88 Å². The summed E-state index contributed by atoms with van der Waals surface area (Å²) >= 11 is 5.75. The van der Waals surface area contributed by atoms with E-state index in [4.69, 9.17) is 22.1 Å². The second-order valence-electron chi connectivity index (χ2n) is 4.69. The van der Waals surface area contributed by atoms with Crippen LogP contribution in [0.1, 0.15) is 20.8 Å². The van der Waals surface area contributed by atoms with Crippen molar-refractivity contribution in [2.24, 2.45) is 7.05 Å². The largest absolute Gasteiger partial charge is 0.452 e. The number of hydrogen-bond donors (Lipinski definition) is 2. The normalized spacial score (nSPS) is 10.2. The Kier molecular flexibility index (Phi) is 5.02. The number of amides is 2. The lowest BCUT2D eigenvalue weighted by molar-refractivity contribution is -0.123. The third-order valence-corrected chi connectivity index (χ3v) is 3.34. The number of nitrogens with one attached hydrogen (secondary N) is 1. The van der Waals surface area contributed by atoms with E-state index in [0.29, 0.717) is 10.7 Å². The summed E-state index contributed by atoms with van der Waals surface area (Å²) in [6.45, 7) is -0.586. The Morgan fingerprint density at radius 3 is 2.65 bits per heavy atom. The number of halogens is 1. The highest BCUT2D eigenvalue weighted by Crippen LogP contribution is 2.19. The Morgan fingerprint density at radius 2 is 2.04 bits per heavy atom. The van der Waals surface area contributed by atoms with Crippen LogP contribution in [0.4, 0.5) is 5.69 Å². The van der Waals surface area contributed by atoms with Gasteiger partial charge in [0.2, 0.25) is 0 Å². The van der Waals surface area contributed by atoms with E-state index >= 15 is 0 Å². The predicted molar refractivity (Wildman–Crippen MR) is 84.0 cm³/mol. The number of carbonyl (C=O) groups is 3. The molecule has 0 atom stereocenters. The fourth-order valence-electron chi connectivity index (χ4n) is 1.81. The molecule has 0 fully saturated rings. The summed E-state index contributed by atoms with van der Waals surface area (Å²) in [5.41, 5.74) is 6.28. The van der Waals surface area contributed by atoms with E-state index in [0.717, 1.165) is 0 Å². The van der Waals surface area contributed by atoms with Gasteiger partial charge < -0.3 is 15.0 Å². The topological polar surface area (TPSA) is 103 Å². The van der Waals surface area contributed by atoms with E-state index in [1.165, 1.54) is 18.2 Å². The highest BCUT2D eigenvalue weighted by atomic mass is 35.5. The van der Waals surface area contributed by atoms with Crippen LogP contribution in [0.3, 0.4) is 0 Å². The number of nitrogen functional groups attached to an aromatic ring is 1. The summed E-state index contributed by atoms with van der Waals surface area (Å²) in [5, 5.41) is 2.44. The third-order valence-electron chi connectivity index (χ3n) is 3.00. The highest BCUT2D eigenvalue weighted by Gasteiger charge is 2.15. The van der Waals surface area contributed by atoms with Crippen molar-refractivity contribution in [2.45, 2.75) is 0 Å². The number of rotatable bonds is 4. The van der Waals surface area contributed by atoms with E-state index in [1.807, 2.05) is 0 Å². The molecule has 2 amide bonds. The molecule has 0 aliphatic carbocycles. The zero-order valence-corrected chi connectivity index (χ0v) is 13.0. The molecular weight excluding hydrogens is 322 g/mol. The first-order valence-electron chi connectivity index (χ1n) is 6.56. The Morgan fingerprint density at radius 1 is 1.30 bits per heavy atom. The van der Waals surface area contributed by atoms with E-state index in [1.54, 1.807) is 29.9 Å². The summed E-state index contributed by atoms with van der Waals surface area (Å²) < 4.78 is 6.39. The van der Waals surface area contributed by atoms with Crippen molar-refractivity contribution in [3.05, 3.63) is 52.8 Å². The molecule has 3 N–H and O–H groups in total. The smallest absolute Gasteiger partial charge is 0.338 e. The first kappa shape index (κ1) is 16.6. The van der Waals surface area contributed by atoms with Gasteiger partial charge in [-0.1, -0.05) is 11.6 Å². The van der Waals surface area contributed by atoms with E-state index in [2.05, 4.69) is 5.32 Å². The number of carbonyl (C=O) groups excluding carboxylic acids is 3. The molecule has 0 saturated heterocycles. The molecule has 2 aromatic rings. The molecule has 0 aliphatic rings. The SMILES string of the molecule is Cn1cccc1C(=O)NC(=O)COC(=O)c1ccc(Cl)c(N)c1. The second kappa shape index (κ2) is 6.97. The Hall–Kier alpha value is -2.80. The zero-order valence-electron chi connectivity index (χ0n) is 12.2. The van der Waals surface area contributed by atoms with Crippen LogP contribution in [0, 0.1) is 0 Å². The number of imide groups is 1. The van der Waals surface area contributed by atoms with E-state index < -0.39 is 24.4 Å². The molecule has 8 heteroatoms. The van der Waals surface area contributed by atoms with Crippen molar-refractivity contribution in [1.29, 1.82) is 0 Å². The van der Waals surface area contributed by atoms with Gasteiger partial charge in [0, 0.05) is 13.2 Å². The van der Waals surface area contributed by atoms with Gasteiger partial charge in [0.15, 0.2) is 6.61 Å². The first-order valence-corrected chi connectivity index (χ1v) is 6.94. The number of aryl methyl sites for hydroxylation is 1. The van der Waals surface area contributed by atoms with Gasteiger partial charge in [0.25, 0.3) is 11.8 Å². The number of benzene rings is 1. The number of ether oxygens (including phenoxy) is 1. The first-order chi connectivity index (χ1) is 10.9. The fourth-order valence-corrected chi connectivity index (χ4v) is 1.93. The minimum Gasteiger partial charge on any atom is -0.452 e. The van der Waals surface area contributed by atoms with Crippen LogP contribution in [-0.2, 0) is 16.6 Å². The molecule has 0 aliphatic heterocycles. The quantitative estimate of drug-likeness (QED) is 0.649. The van der Waals surface area contributed by atoms with Gasteiger partial charge in [-0.15, -0.1) is 0 Å². The Balaban J connectivity index is 1.89. The van der Waals surface area contributed by atoms with Crippen LogP contribution in [0.15, 0.2) is 36.5 Å². The van der Waals surface area contributed by atoms with Crippen LogP contribution in [0.25, 0.3) is 0 Å². The molecule has 0 saturated carbocycles. The minimum atomic E-state index is -0.741. The average Bonchev–Trinajstić information content (AvgIpc) is 2.93. The molecule has 1 aromatic carbocycles. The molecule has 0 bridgehead atoms. The number of nitrogens with two attached hydrogens (primary N) is 1. The van der Waals surface area contributed by atoms with Crippen LogP contribution >= 0.6 is 11.6 Å². The van der Waals surface area contributed by atoms with Gasteiger partial charge >= 0.3 is 5.97 Å². The van der Waals surface area contributed by atoms with Crippen molar-refractivity contribution < 1.29 is 19.1 Å². The maximum atomic E-state index is 11.8. The van der Waals surface area contributed by atoms with E-state index in [9.17, 15) is 14.4 Å². The maximum Gasteiger partial charge on any atom is 0.338 e. The predicted octanol–water partition coefficient (Wildman–Crippen LogP) is 1.37. The lowest BCUT2D eigenvalue weighted by atomic mass is 10.2. The lowest BCUT2D eigenvalue weighted by Gasteiger charge is -2.07. The molecule has 0 spiro atoms. The molecule has 120 valence electrons. The number of aromatic nitrogens is 1. The lowest BCUT2D eigenvalue weighted by Crippen LogP contribution is -2.35. The van der Waals surface area contributed by atoms with Gasteiger partial charge in [-0.25, -0.2) is 4.79 Å². The van der Waals surface area contributed by atoms with Crippen molar-refractivity contribution in [2.75, 3.05) is 12.3 Å². The molecule has 7 nitrogen and oxygen atoms in total. The molecule has 23 heavy (non-hydrogen) atoms. The maximum absolute atomic E-state index is 11.8. The Labute approximate surface area is 137 Å². The average molecular weight is 336 g/mol. The number of hydrogen-bond acceptors (Lipinski definition) is 5. The van der Waals surface area contributed by atoms with E-state index in [-0.39, 0.29) is 11.3 Å². The van der Waals surface area contributed by atoms with Gasteiger partial charge in [-0.2, -0.15) is 0 Å². The Bertz CT molecular complexity index is 770. The van der Waals surface area contributed by atoms with Crippen molar-refractivity contribution >= 4 is 35.1 Å². The van der Waals surface area contributed by atoms with Gasteiger partial charge in [0.05, 0.1) is 16.3 Å². The third kappa shape index (κ3) is 4.10. The van der Waals surface area contributed by atoms with Gasteiger partial charge in [-0.3, -0.25) is 14.9 Å². The van der Waals surface area contributed by atoms with Gasteiger partial charge in [-0.05, 0) is 30.3 Å². The summed E-state index contributed by atoms with van der Waals surface area (Å²) in [6, 6.07) is 7.45. The zero-order chi connectivity index (χ0) is 17.0. The van der Waals surface area contributed by atoms with Crippen LogP contribution in [-0.4, -0.2) is 29.0 Å². The van der Waals surface area contributed by atoms with Crippen LogP contribution in [0.2, 0.25) is 5.02 Å². The fraction of sp³-hybridized carbons (Fsp3) is 0.133. The molecular formula is C15H14ClN3O4. The molecule has 1 aromatic heterocycles. The van der Waals surface area contributed by atoms with Gasteiger partial charge in [0.1, 0.15) is 5.69 Å². The van der Waals surface area contributed by atoms with Crippen LogP contribution < -0.4 is 11.1 Å². The molecule has 0 radical (unpaired) electrons. The van der Waals surface area contributed by atoms with Crippen LogP contribution in [0.5, 0.6) is 0 Å². The number of anilines is 1. The number of nitrogens with zero attached hydrogens (tertiary/aromatic N) is 1. The number of esters is 1. The summed E-state index contributed by atoms with van der Waals surface area (Å²) in [5.74, 6) is -2.05. The highest BCUT2D eigenvalue weighted by molar-refractivity contribution is 6.33. The van der Waals surface area contributed by atoms with Crippen molar-refractivity contribution in [3.8, 4) is 0 Å². The summed E-state index contributed by atoms with van der Waals surface area (Å²) in [6.07, 6.45) is 1.67. The second-order valence-corrected chi connectivity index (χ2v) is 5.10. The molecule has 2 rings (SSSR count). The standard InChI is InChI=1S/C15H14ClN3O4/c1-19-6-2-3-12(19)14(21)18-13(20)8-23-15(22)9-4-5-10(16)11(17)7-9/h2-7H,8,17H2,1H3,(H,18,20,21). The van der Waals surface area contributed by atoms with Crippen molar-refractivity contribution in [3.63, 3.8) is 0 Å². The minimum absolute atomic E-state index is 0.161. The monoisotopic (exact) mass is 335 g/mol. The summed E-state index contributed by atoms with van der Waals surface area (Å²) in [7, 11) is 1.67. The summed E-state index contributed by atoms with van der Waals surface area (Å²) in [4.78, 5) is 35.3.